The SMILES string of the molecule is CC/C=C\C/C=C\C/C=C\C/C=C\CCCCCCC(=O)OCC(COC1OC(C(=O)O)C(O)C(O)C1OC(=O)CCCCCCC/C=C\C/C=C\CCCCC)OC(=O)CCCCCC/C=C\C/C=C\C/C=C\C/C=C\CC. The number of aliphatic hydroxyl groups excluding tert-OH is 2. The summed E-state index contributed by atoms with van der Waals surface area (Å²) in [5.41, 5.74) is 0. The number of unbranched alkanes of at least 4 members (excludes halogenated alkanes) is 16. The molecular weight excluding hydrogens is 997 g/mol. The van der Waals surface area contributed by atoms with Gasteiger partial charge in [0.15, 0.2) is 24.6 Å². The van der Waals surface area contributed by atoms with E-state index in [-0.39, 0.29) is 25.9 Å². The number of allylic oxidation sites excluding steroid dienone is 20. The zero-order valence-electron chi connectivity index (χ0n) is 49.1. The molecule has 0 bridgehead atoms. The molecule has 0 amide bonds. The summed E-state index contributed by atoms with van der Waals surface area (Å²) < 4.78 is 28.4. The molecule has 0 saturated carbocycles. The first kappa shape index (κ1) is 72.1. The Morgan fingerprint density at radius 2 is 0.797 bits per heavy atom. The van der Waals surface area contributed by atoms with Gasteiger partial charge in [-0.05, 0) is 128 Å². The number of carbonyl (C=O) groups is 4. The van der Waals surface area contributed by atoms with E-state index in [1.807, 2.05) is 0 Å². The number of aliphatic hydroxyl groups is 2. The number of hydrogen-bond acceptors (Lipinski definition) is 11. The lowest BCUT2D eigenvalue weighted by Crippen LogP contribution is -2.61. The maximum Gasteiger partial charge on any atom is 0.335 e. The molecule has 1 aliphatic rings. The molecule has 0 aromatic rings. The summed E-state index contributed by atoms with van der Waals surface area (Å²) in [6.07, 6.45) is 61.5. The largest absolute Gasteiger partial charge is 0.479 e. The Kier molecular flexibility index (Phi) is 49.1. The monoisotopic (exact) mass is 1100 g/mol. The Balaban J connectivity index is 2.74. The molecule has 6 unspecified atom stereocenters. The third kappa shape index (κ3) is 43.6. The van der Waals surface area contributed by atoms with Crippen molar-refractivity contribution >= 4 is 23.9 Å². The van der Waals surface area contributed by atoms with Gasteiger partial charge in [-0.3, -0.25) is 14.4 Å². The molecule has 3 N–H and O–H groups in total. The second-order valence-corrected chi connectivity index (χ2v) is 20.2. The van der Waals surface area contributed by atoms with Crippen molar-refractivity contribution in [3.8, 4) is 0 Å². The molecule has 0 aliphatic carbocycles. The fourth-order valence-corrected chi connectivity index (χ4v) is 8.38. The predicted molar refractivity (Wildman–Crippen MR) is 321 cm³/mol. The van der Waals surface area contributed by atoms with Gasteiger partial charge in [0.2, 0.25) is 0 Å². The van der Waals surface area contributed by atoms with E-state index in [2.05, 4.69) is 142 Å². The van der Waals surface area contributed by atoms with Crippen LogP contribution in [0.4, 0.5) is 0 Å². The van der Waals surface area contributed by atoms with E-state index in [4.69, 9.17) is 23.7 Å². The summed E-state index contributed by atoms with van der Waals surface area (Å²) in [4.78, 5) is 51.2. The molecule has 1 aliphatic heterocycles. The lowest BCUT2D eigenvalue weighted by molar-refractivity contribution is -0.301. The Bertz CT molecular complexity index is 1840. The third-order valence-corrected chi connectivity index (χ3v) is 13.0. The molecule has 446 valence electrons. The lowest BCUT2D eigenvalue weighted by Gasteiger charge is -2.40. The smallest absolute Gasteiger partial charge is 0.335 e. The van der Waals surface area contributed by atoms with Gasteiger partial charge < -0.3 is 39.0 Å². The molecule has 6 atom stereocenters. The Morgan fingerprint density at radius 1 is 0.430 bits per heavy atom. The molecule has 1 fully saturated rings. The van der Waals surface area contributed by atoms with Gasteiger partial charge in [-0.15, -0.1) is 0 Å². The van der Waals surface area contributed by atoms with Crippen LogP contribution in [-0.4, -0.2) is 89.2 Å². The number of hydrogen-bond donors (Lipinski definition) is 3. The maximum absolute atomic E-state index is 13.2. The van der Waals surface area contributed by atoms with Crippen molar-refractivity contribution in [2.24, 2.45) is 0 Å². The number of esters is 3. The summed E-state index contributed by atoms with van der Waals surface area (Å²) >= 11 is 0. The topological polar surface area (TPSA) is 175 Å². The Labute approximate surface area is 478 Å². The van der Waals surface area contributed by atoms with Gasteiger partial charge in [-0.2, -0.15) is 0 Å². The van der Waals surface area contributed by atoms with Crippen molar-refractivity contribution in [2.75, 3.05) is 13.2 Å². The fourth-order valence-electron chi connectivity index (χ4n) is 8.38. The molecule has 0 aromatic heterocycles. The summed E-state index contributed by atoms with van der Waals surface area (Å²) in [5.74, 6) is -3.22. The third-order valence-electron chi connectivity index (χ3n) is 13.0. The molecule has 0 aromatic carbocycles. The van der Waals surface area contributed by atoms with Crippen molar-refractivity contribution in [3.05, 3.63) is 122 Å². The van der Waals surface area contributed by atoms with E-state index in [9.17, 15) is 34.5 Å². The van der Waals surface area contributed by atoms with E-state index < -0.39 is 67.3 Å². The second-order valence-electron chi connectivity index (χ2n) is 20.2. The summed E-state index contributed by atoms with van der Waals surface area (Å²) in [7, 11) is 0. The average molecular weight is 1100 g/mol. The van der Waals surface area contributed by atoms with Crippen LogP contribution in [0.15, 0.2) is 122 Å². The summed E-state index contributed by atoms with van der Waals surface area (Å²) in [6.45, 7) is 5.69. The minimum atomic E-state index is -1.92. The van der Waals surface area contributed by atoms with Crippen molar-refractivity contribution in [1.29, 1.82) is 0 Å². The van der Waals surface area contributed by atoms with E-state index in [0.717, 1.165) is 148 Å². The highest BCUT2D eigenvalue weighted by Gasteiger charge is 2.50. The number of carboxylic acids is 1. The van der Waals surface area contributed by atoms with Crippen LogP contribution in [0.25, 0.3) is 0 Å². The van der Waals surface area contributed by atoms with Crippen LogP contribution in [0.2, 0.25) is 0 Å². The van der Waals surface area contributed by atoms with Crippen LogP contribution in [0.3, 0.4) is 0 Å². The number of carbonyl (C=O) groups excluding carboxylic acids is 3. The van der Waals surface area contributed by atoms with Gasteiger partial charge in [0, 0.05) is 19.3 Å². The van der Waals surface area contributed by atoms with Crippen LogP contribution in [0, 0.1) is 0 Å². The van der Waals surface area contributed by atoms with Crippen LogP contribution in [-0.2, 0) is 42.9 Å². The van der Waals surface area contributed by atoms with Crippen LogP contribution in [0.1, 0.15) is 226 Å². The number of ether oxygens (including phenoxy) is 5. The second kappa shape index (κ2) is 53.7. The van der Waals surface area contributed by atoms with Crippen LogP contribution in [0.5, 0.6) is 0 Å². The number of aliphatic carboxylic acids is 1. The summed E-state index contributed by atoms with van der Waals surface area (Å²) in [5, 5.41) is 31.5. The number of carboxylic acid groups (broad SMARTS) is 1. The van der Waals surface area contributed by atoms with Crippen molar-refractivity contribution in [2.45, 2.75) is 263 Å². The molecular formula is C67H106O12. The Morgan fingerprint density at radius 3 is 1.22 bits per heavy atom. The zero-order valence-corrected chi connectivity index (χ0v) is 49.1. The average Bonchev–Trinajstić information content (AvgIpc) is 3.46. The van der Waals surface area contributed by atoms with Gasteiger partial charge in [-0.25, -0.2) is 4.79 Å². The molecule has 0 spiro atoms. The lowest BCUT2D eigenvalue weighted by atomic mass is 9.98. The predicted octanol–water partition coefficient (Wildman–Crippen LogP) is 16.0. The number of rotatable bonds is 50. The molecule has 1 rings (SSSR count). The highest BCUT2D eigenvalue weighted by molar-refractivity contribution is 5.74. The first-order chi connectivity index (χ1) is 38.6. The highest BCUT2D eigenvalue weighted by atomic mass is 16.7. The fraction of sp³-hybridized carbons (Fsp3) is 0.642. The van der Waals surface area contributed by atoms with Gasteiger partial charge in [0.1, 0.15) is 18.8 Å². The maximum atomic E-state index is 13.2. The van der Waals surface area contributed by atoms with E-state index in [1.165, 1.54) is 19.3 Å². The minimum Gasteiger partial charge on any atom is -0.479 e. The molecule has 79 heavy (non-hydrogen) atoms. The normalized spacial score (nSPS) is 18.7. The first-order valence-corrected chi connectivity index (χ1v) is 30.5. The van der Waals surface area contributed by atoms with Crippen molar-refractivity contribution in [3.63, 3.8) is 0 Å². The molecule has 1 saturated heterocycles. The zero-order chi connectivity index (χ0) is 57.5. The van der Waals surface area contributed by atoms with Gasteiger partial charge in [-0.1, -0.05) is 200 Å². The summed E-state index contributed by atoms with van der Waals surface area (Å²) in [6, 6.07) is 0. The van der Waals surface area contributed by atoms with E-state index >= 15 is 0 Å². The first-order valence-electron chi connectivity index (χ1n) is 30.5. The molecule has 12 heteroatoms. The van der Waals surface area contributed by atoms with Gasteiger partial charge in [0.25, 0.3) is 0 Å². The molecule has 1 heterocycles. The Hall–Kier alpha value is -4.88. The molecule has 0 radical (unpaired) electrons. The standard InChI is InChI=1S/C67H106O12/c1-4-7-10-13-16-19-22-25-28-30-33-35-38-41-44-47-50-53-59(68)75-56-58(77-60(69)54-51-48-45-42-39-37-34-31-29-26-23-20-17-14-11-8-5-2)57-76-67-65(63(72)62(71)64(79-67)66(73)74)78-61(70)55-52-49-46-43-40-36-32-27-24-21-18-15-12-9-6-3/h7-8,10-11,16-21,25-29,32-35,37,58,62-65,67,71-72H,4-6,9,12-15,22-24,30-31,36,38-57H2,1-3H3,(H,73,74)/b10-7-,11-8-,19-16-,20-17-,21-18-,28-25-,29-26-,32-27-,35-33-,37-34-. The molecule has 12 nitrogen and oxygen atoms in total. The van der Waals surface area contributed by atoms with E-state index in [0.29, 0.717) is 19.3 Å². The minimum absolute atomic E-state index is 0.0325. The van der Waals surface area contributed by atoms with Crippen LogP contribution < -0.4 is 0 Å². The van der Waals surface area contributed by atoms with E-state index in [1.54, 1.807) is 0 Å². The quantitative estimate of drug-likeness (QED) is 0.0228. The van der Waals surface area contributed by atoms with Gasteiger partial charge in [0.05, 0.1) is 6.61 Å². The van der Waals surface area contributed by atoms with Crippen molar-refractivity contribution in [1.82, 2.24) is 0 Å². The van der Waals surface area contributed by atoms with Crippen molar-refractivity contribution < 1.29 is 58.2 Å². The van der Waals surface area contributed by atoms with Gasteiger partial charge >= 0.3 is 23.9 Å². The highest BCUT2D eigenvalue weighted by Crippen LogP contribution is 2.26. The van der Waals surface area contributed by atoms with Crippen LogP contribution >= 0.6 is 0 Å².